The molecule has 1 saturated carbocycles. The van der Waals surface area contributed by atoms with Crippen LogP contribution in [0.4, 0.5) is 5.69 Å². The van der Waals surface area contributed by atoms with E-state index in [0.29, 0.717) is 40.1 Å². The molecule has 4 aromatic carbocycles. The van der Waals surface area contributed by atoms with Crippen LogP contribution in [0.2, 0.25) is 0 Å². The number of hydrogen-bond acceptors (Lipinski definition) is 6. The van der Waals surface area contributed by atoms with E-state index in [0.717, 1.165) is 17.6 Å². The van der Waals surface area contributed by atoms with E-state index in [4.69, 9.17) is 4.74 Å². The minimum Gasteiger partial charge on any atom is -0.508 e. The second-order valence-corrected chi connectivity index (χ2v) is 13.7. The second kappa shape index (κ2) is 12.1. The molecule has 7 nitrogen and oxygen atoms in total. The van der Waals surface area contributed by atoms with Crippen LogP contribution in [0.5, 0.6) is 11.5 Å². The number of fused-ring (bicyclic) bond motifs is 4. The molecule has 1 aliphatic heterocycles. The molecule has 50 heavy (non-hydrogen) atoms. The van der Waals surface area contributed by atoms with Crippen LogP contribution >= 0.6 is 0 Å². The molecule has 2 fully saturated rings. The molecular weight excluding hydrogens is 626 g/mol. The second-order valence-electron chi connectivity index (χ2n) is 13.7. The molecule has 1 N–H and O–H groups in total. The number of rotatable bonds is 6. The average molecular weight is 664 g/mol. The summed E-state index contributed by atoms with van der Waals surface area (Å²) in [7, 11) is 1.51. The molecule has 0 radical (unpaired) electrons. The lowest BCUT2D eigenvalue weighted by molar-refractivity contribution is -0.135. The molecule has 1 saturated heterocycles. The van der Waals surface area contributed by atoms with Gasteiger partial charge in [0.05, 0.1) is 30.0 Å². The minimum absolute atomic E-state index is 0.0726. The fourth-order valence-corrected chi connectivity index (χ4v) is 9.25. The van der Waals surface area contributed by atoms with Gasteiger partial charge in [0.15, 0.2) is 11.6 Å². The fourth-order valence-electron chi connectivity index (χ4n) is 9.25. The zero-order chi connectivity index (χ0) is 34.7. The Balaban J connectivity index is 1.35. The summed E-state index contributed by atoms with van der Waals surface area (Å²) in [6.45, 7) is 2.05. The Morgan fingerprint density at radius 3 is 2.20 bits per heavy atom. The van der Waals surface area contributed by atoms with Crippen molar-refractivity contribution < 1.29 is 29.0 Å². The standard InChI is InChI=1S/C43H37NO6/c1-3-25-14-16-28(17-15-25)44-41(48)32-21-20-30-34(38(32)42(44)49)23-35-40(47)33(26-10-6-4-7-11-26)24-37(46)43(35,27-12-8-5-9-13-27)39(30)31-19-18-29(50-2)22-36(31)45/h4-20,22,24,32,34-35,38-39,45H,3,21,23H2,1-2H3/t32-,34+,35-,38-,39+,43-/m0/s1. The molecule has 0 unspecified atom stereocenters. The van der Waals surface area contributed by atoms with Gasteiger partial charge in [0.1, 0.15) is 11.5 Å². The highest BCUT2D eigenvalue weighted by molar-refractivity contribution is 6.32. The first-order valence-corrected chi connectivity index (χ1v) is 17.2. The van der Waals surface area contributed by atoms with E-state index in [1.54, 1.807) is 12.1 Å². The van der Waals surface area contributed by atoms with Gasteiger partial charge >= 0.3 is 0 Å². The summed E-state index contributed by atoms with van der Waals surface area (Å²) in [6.07, 6.45) is 4.82. The smallest absolute Gasteiger partial charge is 0.238 e. The molecule has 0 aromatic heterocycles. The van der Waals surface area contributed by atoms with Crippen molar-refractivity contribution >= 4 is 34.6 Å². The molecule has 250 valence electrons. The number of Topliss-reactive ketones (excluding diaryl/α,β-unsaturated/α-hetero) is 1. The van der Waals surface area contributed by atoms with Gasteiger partial charge in [-0.1, -0.05) is 97.4 Å². The van der Waals surface area contributed by atoms with Gasteiger partial charge in [-0.05, 0) is 66.1 Å². The van der Waals surface area contributed by atoms with E-state index in [2.05, 4.69) is 0 Å². The molecule has 3 aliphatic carbocycles. The van der Waals surface area contributed by atoms with Crippen LogP contribution in [-0.2, 0) is 31.0 Å². The number of aryl methyl sites for hydroxylation is 1. The van der Waals surface area contributed by atoms with Gasteiger partial charge in [-0.25, -0.2) is 0 Å². The lowest BCUT2D eigenvalue weighted by Gasteiger charge is -2.55. The molecule has 4 aromatic rings. The SMILES string of the molecule is CCc1ccc(N2C(=O)[C@H]3[C@H](CC=C4[C@H]3C[C@H]3C(=O)C(c5ccccc5)=CC(=O)[C@@]3(c3ccccc3)[C@H]4c3ccc(OC)cc3O)C2=O)cc1. The third kappa shape index (κ3) is 4.56. The van der Waals surface area contributed by atoms with Crippen LogP contribution in [-0.4, -0.2) is 35.6 Å². The maximum atomic E-state index is 15.1. The number of phenolic OH excluding ortho intramolecular Hbond substituents is 1. The Morgan fingerprint density at radius 2 is 1.54 bits per heavy atom. The van der Waals surface area contributed by atoms with Crippen molar-refractivity contribution in [3.63, 3.8) is 0 Å². The van der Waals surface area contributed by atoms with Crippen LogP contribution in [0.1, 0.15) is 47.9 Å². The summed E-state index contributed by atoms with van der Waals surface area (Å²) in [6, 6.07) is 31.1. The maximum absolute atomic E-state index is 15.1. The number of imide groups is 1. The molecule has 2 amide bonds. The Morgan fingerprint density at radius 1 is 0.840 bits per heavy atom. The molecule has 7 heteroatoms. The quantitative estimate of drug-likeness (QED) is 0.176. The van der Waals surface area contributed by atoms with Gasteiger partial charge in [-0.3, -0.25) is 24.1 Å². The largest absolute Gasteiger partial charge is 0.508 e. The third-order valence-corrected chi connectivity index (χ3v) is 11.5. The minimum atomic E-state index is -1.42. The molecule has 4 aliphatic rings. The van der Waals surface area contributed by atoms with E-state index >= 15 is 9.59 Å². The van der Waals surface area contributed by atoms with Crippen molar-refractivity contribution in [1.82, 2.24) is 0 Å². The van der Waals surface area contributed by atoms with Crippen molar-refractivity contribution in [1.29, 1.82) is 0 Å². The number of phenols is 1. The van der Waals surface area contributed by atoms with Gasteiger partial charge in [-0.2, -0.15) is 0 Å². The van der Waals surface area contributed by atoms with Gasteiger partial charge < -0.3 is 9.84 Å². The monoisotopic (exact) mass is 663 g/mol. The van der Waals surface area contributed by atoms with Crippen molar-refractivity contribution in [2.75, 3.05) is 12.0 Å². The van der Waals surface area contributed by atoms with Crippen LogP contribution in [0, 0.1) is 23.7 Å². The number of amides is 2. The predicted octanol–water partition coefficient (Wildman–Crippen LogP) is 6.99. The summed E-state index contributed by atoms with van der Waals surface area (Å²) in [5, 5.41) is 11.7. The van der Waals surface area contributed by atoms with Gasteiger partial charge in [0.2, 0.25) is 11.8 Å². The third-order valence-electron chi connectivity index (χ3n) is 11.5. The number of methoxy groups -OCH3 is 1. The first kappa shape index (κ1) is 31.7. The summed E-state index contributed by atoms with van der Waals surface area (Å²) in [5.74, 6) is -4.13. The van der Waals surface area contributed by atoms with Crippen molar-refractivity contribution in [3.8, 4) is 11.5 Å². The Bertz CT molecular complexity index is 2100. The van der Waals surface area contributed by atoms with Crippen LogP contribution in [0.15, 0.2) is 121 Å². The topological polar surface area (TPSA) is 101 Å². The number of carbonyl (C=O) groups excluding carboxylic acids is 4. The first-order chi connectivity index (χ1) is 24.3. The zero-order valence-electron chi connectivity index (χ0n) is 27.9. The Hall–Kier alpha value is -5.56. The maximum Gasteiger partial charge on any atom is 0.238 e. The number of ether oxygens (including phenoxy) is 1. The molecule has 6 atom stereocenters. The van der Waals surface area contributed by atoms with Crippen molar-refractivity contribution in [3.05, 3.63) is 143 Å². The fraction of sp³-hybridized carbons (Fsp3) is 0.256. The number of allylic oxidation sites excluding steroid dienone is 4. The highest BCUT2D eigenvalue weighted by Crippen LogP contribution is 2.64. The van der Waals surface area contributed by atoms with Crippen molar-refractivity contribution in [2.24, 2.45) is 23.7 Å². The highest BCUT2D eigenvalue weighted by atomic mass is 16.5. The van der Waals surface area contributed by atoms with Gasteiger partial charge in [0.25, 0.3) is 0 Å². The number of hydrogen-bond donors (Lipinski definition) is 1. The van der Waals surface area contributed by atoms with E-state index < -0.39 is 35.0 Å². The normalized spacial score (nSPS) is 27.2. The van der Waals surface area contributed by atoms with Gasteiger partial charge in [-0.15, -0.1) is 0 Å². The first-order valence-electron chi connectivity index (χ1n) is 17.2. The summed E-state index contributed by atoms with van der Waals surface area (Å²) < 4.78 is 5.42. The molecule has 8 rings (SSSR count). The lowest BCUT2D eigenvalue weighted by Crippen LogP contribution is -2.58. The molecule has 0 spiro atoms. The van der Waals surface area contributed by atoms with Crippen LogP contribution < -0.4 is 9.64 Å². The number of carbonyl (C=O) groups is 4. The lowest BCUT2D eigenvalue weighted by atomic mass is 9.44. The van der Waals surface area contributed by atoms with Gasteiger partial charge in [0, 0.05) is 29.0 Å². The van der Waals surface area contributed by atoms with Crippen LogP contribution in [0.25, 0.3) is 5.57 Å². The molecule has 0 bridgehead atoms. The number of nitrogens with zero attached hydrogens (tertiary/aromatic N) is 1. The van der Waals surface area contributed by atoms with Crippen molar-refractivity contribution in [2.45, 2.75) is 37.5 Å². The van der Waals surface area contributed by atoms with Crippen LogP contribution in [0.3, 0.4) is 0 Å². The van der Waals surface area contributed by atoms with E-state index in [-0.39, 0.29) is 35.6 Å². The predicted molar refractivity (Wildman–Crippen MR) is 190 cm³/mol. The summed E-state index contributed by atoms with van der Waals surface area (Å²) >= 11 is 0. The molecule has 1 heterocycles. The average Bonchev–Trinajstić information content (AvgIpc) is 3.41. The Kier molecular flexibility index (Phi) is 7.66. The van der Waals surface area contributed by atoms with E-state index in [1.807, 2.05) is 97.9 Å². The summed E-state index contributed by atoms with van der Waals surface area (Å²) in [5.41, 5.74) is 3.13. The molecular formula is C43H37NO6. The van der Waals surface area contributed by atoms with E-state index in [9.17, 15) is 14.7 Å². The number of benzene rings is 4. The Labute approximate surface area is 290 Å². The van der Waals surface area contributed by atoms with E-state index in [1.165, 1.54) is 24.2 Å². The summed E-state index contributed by atoms with van der Waals surface area (Å²) in [4.78, 5) is 60.1. The number of anilines is 1. The highest BCUT2D eigenvalue weighted by Gasteiger charge is 2.66. The number of aromatic hydroxyl groups is 1. The zero-order valence-corrected chi connectivity index (χ0v) is 27.9. The number of ketones is 2.